The Balaban J connectivity index is 3.24. The van der Waals surface area contributed by atoms with Crippen molar-refractivity contribution in [1.29, 1.82) is 0 Å². The Bertz CT molecular complexity index is 642. The average Bonchev–Trinajstić information content (AvgIpc) is 2.40. The molecular weight excluding hydrogens is 364 g/mol. The lowest BCUT2D eigenvalue weighted by Gasteiger charge is -2.20. The van der Waals surface area contributed by atoms with E-state index >= 15 is 0 Å². The summed E-state index contributed by atoms with van der Waals surface area (Å²) in [4.78, 5) is 15.5. The molecule has 0 aliphatic heterocycles. The van der Waals surface area contributed by atoms with Crippen LogP contribution in [0.15, 0.2) is 33.9 Å². The molecule has 0 aliphatic rings. The number of rotatable bonds is 3. The second-order valence-corrected chi connectivity index (χ2v) is 5.25. The second kappa shape index (κ2) is 7.35. The molecule has 0 spiro atoms. The largest absolute Gasteiger partial charge is 0.422 e. The van der Waals surface area contributed by atoms with Crippen LogP contribution in [-0.2, 0) is 4.79 Å². The number of halogens is 6. The van der Waals surface area contributed by atoms with E-state index in [0.29, 0.717) is 5.69 Å². The van der Waals surface area contributed by atoms with Crippen LogP contribution in [0, 0.1) is 0 Å². The molecular formula is C13H10Cl3F3N2O. The van der Waals surface area contributed by atoms with Gasteiger partial charge in [0.25, 0.3) is 0 Å². The lowest BCUT2D eigenvalue weighted by molar-refractivity contribution is -0.119. The summed E-state index contributed by atoms with van der Waals surface area (Å²) in [5, 5.41) is -0.456. The highest BCUT2D eigenvalue weighted by molar-refractivity contribution is 6.44. The lowest BCUT2D eigenvalue weighted by atomic mass is 10.3. The van der Waals surface area contributed by atoms with Crippen LogP contribution in [0.5, 0.6) is 0 Å². The zero-order valence-corrected chi connectivity index (χ0v) is 13.6. The van der Waals surface area contributed by atoms with Crippen molar-refractivity contribution in [3.8, 4) is 0 Å². The highest BCUT2D eigenvalue weighted by atomic mass is 35.5. The lowest BCUT2D eigenvalue weighted by Crippen LogP contribution is -2.24. The number of amidine groups is 1. The van der Waals surface area contributed by atoms with Crippen LogP contribution in [-0.4, -0.2) is 25.3 Å². The quantitative estimate of drug-likeness (QED) is 0.244. The predicted molar refractivity (Wildman–Crippen MR) is 83.0 cm³/mol. The fourth-order valence-corrected chi connectivity index (χ4v) is 2.13. The standard InChI is InChI=1S/C13H10Cl3F3N2O/c1-7(20-12(16)8(6-22)13(17,18)19)21(2)10-5-3-4-9(14)11(10)15/h3-6H,1-2H3/b12-8+,20-7?. The zero-order chi connectivity index (χ0) is 17.1. The maximum Gasteiger partial charge on any atom is 0.422 e. The van der Waals surface area contributed by atoms with Crippen LogP contribution < -0.4 is 4.90 Å². The first-order valence-electron chi connectivity index (χ1n) is 5.74. The second-order valence-electron chi connectivity index (χ2n) is 4.11. The van der Waals surface area contributed by atoms with Gasteiger partial charge in [0.1, 0.15) is 16.6 Å². The number of aliphatic imine (C=N–C) groups is 1. The third-order valence-electron chi connectivity index (χ3n) is 2.68. The van der Waals surface area contributed by atoms with Gasteiger partial charge >= 0.3 is 6.18 Å². The number of alkyl halides is 3. The summed E-state index contributed by atoms with van der Waals surface area (Å²) < 4.78 is 37.7. The molecule has 22 heavy (non-hydrogen) atoms. The zero-order valence-electron chi connectivity index (χ0n) is 11.4. The number of benzene rings is 1. The fraction of sp³-hybridized carbons (Fsp3) is 0.231. The molecule has 0 aliphatic carbocycles. The molecule has 9 heteroatoms. The van der Waals surface area contributed by atoms with Gasteiger partial charge in [-0.05, 0) is 19.1 Å². The van der Waals surface area contributed by atoms with E-state index in [2.05, 4.69) is 4.99 Å². The van der Waals surface area contributed by atoms with Gasteiger partial charge in [-0.25, -0.2) is 4.99 Å². The molecule has 0 N–H and O–H groups in total. The molecule has 1 aromatic carbocycles. The minimum atomic E-state index is -4.88. The Morgan fingerprint density at radius 3 is 2.41 bits per heavy atom. The van der Waals surface area contributed by atoms with Gasteiger partial charge in [-0.3, -0.25) is 4.79 Å². The van der Waals surface area contributed by atoms with E-state index in [9.17, 15) is 18.0 Å². The van der Waals surface area contributed by atoms with Crippen molar-refractivity contribution < 1.29 is 18.0 Å². The topological polar surface area (TPSA) is 32.7 Å². The van der Waals surface area contributed by atoms with Crippen LogP contribution in [0.25, 0.3) is 0 Å². The van der Waals surface area contributed by atoms with E-state index in [1.54, 1.807) is 18.2 Å². The maximum atomic E-state index is 12.6. The van der Waals surface area contributed by atoms with Crippen LogP contribution in [0.4, 0.5) is 18.9 Å². The molecule has 120 valence electrons. The van der Waals surface area contributed by atoms with Crippen molar-refractivity contribution in [3.05, 3.63) is 39.0 Å². The summed E-state index contributed by atoms with van der Waals surface area (Å²) in [6.07, 6.45) is -5.26. The predicted octanol–water partition coefficient (Wildman–Crippen LogP) is 5.06. The molecule has 0 amide bonds. The molecule has 3 nitrogen and oxygen atoms in total. The Hall–Kier alpha value is -1.24. The first kappa shape index (κ1) is 18.8. The van der Waals surface area contributed by atoms with E-state index in [0.717, 1.165) is 0 Å². The van der Waals surface area contributed by atoms with Crippen molar-refractivity contribution >= 4 is 52.6 Å². The number of anilines is 1. The van der Waals surface area contributed by atoms with Gasteiger partial charge in [0.05, 0.1) is 15.7 Å². The van der Waals surface area contributed by atoms with Crippen molar-refractivity contribution in [3.63, 3.8) is 0 Å². The van der Waals surface area contributed by atoms with Crippen molar-refractivity contribution in [2.24, 2.45) is 4.99 Å². The molecule has 1 aromatic rings. The number of carbonyl (C=O) groups excluding carboxylic acids is 1. The maximum absolute atomic E-state index is 12.6. The number of allylic oxidation sites excluding steroid dienone is 1. The first-order chi connectivity index (χ1) is 10.1. The number of hydrogen-bond acceptors (Lipinski definition) is 2. The average molecular weight is 374 g/mol. The summed E-state index contributed by atoms with van der Waals surface area (Å²) in [7, 11) is 1.52. The summed E-state index contributed by atoms with van der Waals surface area (Å²) >= 11 is 17.4. The third-order valence-corrected chi connectivity index (χ3v) is 3.78. The molecule has 0 bridgehead atoms. The van der Waals surface area contributed by atoms with Gasteiger partial charge in [-0.15, -0.1) is 0 Å². The smallest absolute Gasteiger partial charge is 0.332 e. The molecule has 1 rings (SSSR count). The highest BCUT2D eigenvalue weighted by Crippen LogP contribution is 2.33. The highest BCUT2D eigenvalue weighted by Gasteiger charge is 2.36. The van der Waals surface area contributed by atoms with E-state index < -0.39 is 16.9 Å². The molecule has 0 aromatic heterocycles. The minimum Gasteiger partial charge on any atom is -0.332 e. The van der Waals surface area contributed by atoms with Crippen LogP contribution in [0.1, 0.15) is 6.92 Å². The third kappa shape index (κ3) is 4.38. The van der Waals surface area contributed by atoms with Crippen molar-refractivity contribution in [2.75, 3.05) is 11.9 Å². The van der Waals surface area contributed by atoms with Gasteiger partial charge in [0.15, 0.2) is 6.29 Å². The number of carbonyl (C=O) groups is 1. The molecule has 0 saturated heterocycles. The molecule has 0 fully saturated rings. The Morgan fingerprint density at radius 1 is 1.32 bits per heavy atom. The fourth-order valence-electron chi connectivity index (χ4n) is 1.44. The normalized spacial score (nSPS) is 13.7. The molecule has 0 unspecified atom stereocenters. The Morgan fingerprint density at radius 2 is 1.91 bits per heavy atom. The first-order valence-corrected chi connectivity index (χ1v) is 6.88. The summed E-state index contributed by atoms with van der Waals surface area (Å²) in [5.41, 5.74) is -1.13. The Labute approximate surface area is 140 Å². The van der Waals surface area contributed by atoms with Gasteiger partial charge in [-0.2, -0.15) is 13.2 Å². The SMILES string of the molecule is CC(=N/C(Cl)=C(\C=O)C(F)(F)F)N(C)c1cccc(Cl)c1Cl. The van der Waals surface area contributed by atoms with Gasteiger partial charge in [0, 0.05) is 7.05 Å². The number of nitrogens with zero attached hydrogens (tertiary/aromatic N) is 2. The Kier molecular flexibility index (Phi) is 6.28. The molecule has 0 heterocycles. The van der Waals surface area contributed by atoms with Crippen molar-refractivity contribution in [1.82, 2.24) is 0 Å². The van der Waals surface area contributed by atoms with E-state index in [4.69, 9.17) is 34.8 Å². The summed E-state index contributed by atoms with van der Waals surface area (Å²) in [5.74, 6) is 0.0952. The molecule has 0 radical (unpaired) electrons. The van der Waals surface area contributed by atoms with Gasteiger partial charge < -0.3 is 4.90 Å². The van der Waals surface area contributed by atoms with E-state index in [-0.39, 0.29) is 22.2 Å². The summed E-state index contributed by atoms with van der Waals surface area (Å²) in [6.45, 7) is 1.42. The molecule has 0 atom stereocenters. The number of aldehydes is 1. The van der Waals surface area contributed by atoms with E-state index in [1.807, 2.05) is 0 Å². The summed E-state index contributed by atoms with van der Waals surface area (Å²) in [6, 6.07) is 4.79. The monoisotopic (exact) mass is 372 g/mol. The van der Waals surface area contributed by atoms with Gasteiger partial charge in [0.2, 0.25) is 0 Å². The molecule has 0 saturated carbocycles. The number of hydrogen-bond donors (Lipinski definition) is 0. The van der Waals surface area contributed by atoms with Crippen LogP contribution in [0.2, 0.25) is 10.0 Å². The van der Waals surface area contributed by atoms with Gasteiger partial charge in [-0.1, -0.05) is 40.9 Å². The van der Waals surface area contributed by atoms with Crippen molar-refractivity contribution in [2.45, 2.75) is 13.1 Å². The van der Waals surface area contributed by atoms with Crippen LogP contribution >= 0.6 is 34.8 Å². The minimum absolute atomic E-state index is 0.0952. The van der Waals surface area contributed by atoms with E-state index in [1.165, 1.54) is 18.9 Å². The van der Waals surface area contributed by atoms with Crippen LogP contribution in [0.3, 0.4) is 0 Å².